The minimum atomic E-state index is -0.393. The van der Waals surface area contributed by atoms with Crippen molar-refractivity contribution in [1.29, 1.82) is 0 Å². The number of aliphatic hydroxyl groups is 1. The van der Waals surface area contributed by atoms with Gasteiger partial charge in [0, 0.05) is 0 Å². The van der Waals surface area contributed by atoms with Gasteiger partial charge in [0.1, 0.15) is 0 Å². The van der Waals surface area contributed by atoms with Crippen LogP contribution in [0.3, 0.4) is 0 Å². The molecular weight excluding hydrogens is 270 g/mol. The van der Waals surface area contributed by atoms with E-state index in [0.717, 1.165) is 0 Å². The average molecular weight is 294 g/mol. The number of hydrogen-bond acceptors (Lipinski definition) is 1. The van der Waals surface area contributed by atoms with Gasteiger partial charge in [-0.15, -0.1) is 0 Å². The second-order valence-corrected chi connectivity index (χ2v) is 6.27. The summed E-state index contributed by atoms with van der Waals surface area (Å²) in [5.74, 6) is 0.0751. The van der Waals surface area contributed by atoms with Crippen molar-refractivity contribution in [3.8, 4) is 0 Å². The Balaban J connectivity index is 0.00000200. The summed E-state index contributed by atoms with van der Waals surface area (Å²) in [6, 6.07) is 14.6. The van der Waals surface area contributed by atoms with Crippen molar-refractivity contribution >= 4 is 10.8 Å². The number of halogens is 1. The zero-order chi connectivity index (χ0) is 14.0. The third-order valence-electron chi connectivity index (χ3n) is 3.80. The van der Waals surface area contributed by atoms with E-state index >= 15 is 0 Å². The quantitative estimate of drug-likeness (QED) is 0.793. The van der Waals surface area contributed by atoms with Crippen LogP contribution in [0, 0.1) is 5.41 Å². The van der Waals surface area contributed by atoms with Crippen molar-refractivity contribution in [3.05, 3.63) is 48.0 Å². The standard InChI is InChI=1S/C17H23NO.ClH/c1-17(2,3)16(19)15(11-18)14-10-6-8-12-7-4-5-9-13(12)14;/h4-10,15-16,19H,11,18H2,1-3H3;1H. The van der Waals surface area contributed by atoms with Crippen LogP contribution in [0.4, 0.5) is 0 Å². The normalized spacial score (nSPS) is 14.7. The smallest absolute Gasteiger partial charge is 0.0835 e. The van der Waals surface area contributed by atoms with Crippen molar-refractivity contribution in [1.82, 2.24) is 0 Å². The average Bonchev–Trinajstić information content (AvgIpc) is 2.38. The van der Waals surface area contributed by atoms with Crippen LogP contribution in [0.2, 0.25) is 0 Å². The molecule has 0 spiro atoms. The maximum Gasteiger partial charge on any atom is 0.0835 e. The minimum absolute atomic E-state index is 0. The largest absolute Gasteiger partial charge is 1.00 e. The molecule has 0 radical (unpaired) electrons. The van der Waals surface area contributed by atoms with Gasteiger partial charge in [-0.2, -0.15) is 0 Å². The molecule has 3 heteroatoms. The predicted octanol–water partition coefficient (Wildman–Crippen LogP) is -0.424. The predicted molar refractivity (Wildman–Crippen MR) is 79.9 cm³/mol. The fourth-order valence-electron chi connectivity index (χ4n) is 2.66. The number of hydrogen-bond donors (Lipinski definition) is 2. The van der Waals surface area contributed by atoms with Crippen LogP contribution >= 0.6 is 0 Å². The molecule has 0 aliphatic carbocycles. The summed E-state index contributed by atoms with van der Waals surface area (Å²) in [5, 5.41) is 13.1. The summed E-state index contributed by atoms with van der Waals surface area (Å²) in [5.41, 5.74) is 5.11. The Morgan fingerprint density at radius 2 is 1.65 bits per heavy atom. The van der Waals surface area contributed by atoms with Crippen molar-refractivity contribution in [2.45, 2.75) is 32.8 Å². The fraction of sp³-hybridized carbons (Fsp3) is 0.412. The maximum absolute atomic E-state index is 10.6. The lowest BCUT2D eigenvalue weighted by Crippen LogP contribution is -3.00. The first-order valence-electron chi connectivity index (χ1n) is 6.90. The summed E-state index contributed by atoms with van der Waals surface area (Å²) in [6.07, 6.45) is -0.393. The number of aliphatic hydroxyl groups excluding tert-OH is 1. The van der Waals surface area contributed by atoms with Crippen molar-refractivity contribution in [3.63, 3.8) is 0 Å². The molecule has 2 aromatic carbocycles. The monoisotopic (exact) mass is 293 g/mol. The molecule has 0 saturated carbocycles. The molecule has 110 valence electrons. The number of fused-ring (bicyclic) bond motifs is 1. The van der Waals surface area contributed by atoms with Crippen LogP contribution in [-0.4, -0.2) is 17.8 Å². The molecule has 0 amide bonds. The molecule has 4 N–H and O–H groups in total. The van der Waals surface area contributed by atoms with E-state index in [1.807, 2.05) is 6.07 Å². The molecule has 2 nitrogen and oxygen atoms in total. The first kappa shape index (κ1) is 17.0. The van der Waals surface area contributed by atoms with Gasteiger partial charge < -0.3 is 23.2 Å². The summed E-state index contributed by atoms with van der Waals surface area (Å²) < 4.78 is 0. The van der Waals surface area contributed by atoms with Crippen molar-refractivity contribution in [2.24, 2.45) is 5.41 Å². The number of benzene rings is 2. The summed E-state index contributed by atoms with van der Waals surface area (Å²) in [4.78, 5) is 0. The van der Waals surface area contributed by atoms with Gasteiger partial charge in [0.05, 0.1) is 18.6 Å². The van der Waals surface area contributed by atoms with Gasteiger partial charge in [0.2, 0.25) is 0 Å². The summed E-state index contributed by atoms with van der Waals surface area (Å²) in [6.45, 7) is 6.93. The van der Waals surface area contributed by atoms with Crippen LogP contribution in [0.15, 0.2) is 42.5 Å². The van der Waals surface area contributed by atoms with Gasteiger partial charge in [0.15, 0.2) is 0 Å². The van der Waals surface area contributed by atoms with E-state index in [4.69, 9.17) is 0 Å². The second-order valence-electron chi connectivity index (χ2n) is 6.27. The maximum atomic E-state index is 10.6. The highest BCUT2D eigenvalue weighted by molar-refractivity contribution is 5.86. The first-order chi connectivity index (χ1) is 8.95. The molecule has 0 aromatic heterocycles. The van der Waals surface area contributed by atoms with Crippen LogP contribution in [0.5, 0.6) is 0 Å². The van der Waals surface area contributed by atoms with Gasteiger partial charge in [-0.25, -0.2) is 0 Å². The van der Waals surface area contributed by atoms with E-state index in [9.17, 15) is 5.11 Å². The highest BCUT2D eigenvalue weighted by Crippen LogP contribution is 2.34. The SMILES string of the molecule is CC(C)(C)C(O)C(C[NH3+])c1cccc2ccccc12.[Cl-]. The lowest BCUT2D eigenvalue weighted by atomic mass is 9.77. The van der Waals surface area contributed by atoms with Crippen molar-refractivity contribution in [2.75, 3.05) is 6.54 Å². The molecule has 0 aliphatic rings. The molecule has 20 heavy (non-hydrogen) atoms. The zero-order valence-corrected chi connectivity index (χ0v) is 13.2. The highest BCUT2D eigenvalue weighted by Gasteiger charge is 2.32. The van der Waals surface area contributed by atoms with E-state index in [0.29, 0.717) is 6.54 Å². The van der Waals surface area contributed by atoms with E-state index in [-0.39, 0.29) is 23.7 Å². The lowest BCUT2D eigenvalue weighted by Gasteiger charge is -2.32. The molecule has 2 aromatic rings. The third-order valence-corrected chi connectivity index (χ3v) is 3.80. The van der Waals surface area contributed by atoms with Gasteiger partial charge in [-0.1, -0.05) is 63.2 Å². The summed E-state index contributed by atoms with van der Waals surface area (Å²) in [7, 11) is 0. The Kier molecular flexibility index (Phi) is 5.58. The van der Waals surface area contributed by atoms with Crippen LogP contribution < -0.4 is 18.1 Å². The molecule has 2 atom stereocenters. The molecule has 2 rings (SSSR count). The Morgan fingerprint density at radius 3 is 2.25 bits per heavy atom. The molecule has 2 unspecified atom stereocenters. The zero-order valence-electron chi connectivity index (χ0n) is 12.4. The Hall–Kier alpha value is -1.09. The number of rotatable bonds is 3. The van der Waals surface area contributed by atoms with Crippen LogP contribution in [-0.2, 0) is 0 Å². The molecule has 0 saturated heterocycles. The second kappa shape index (κ2) is 6.57. The van der Waals surface area contributed by atoms with E-state index in [1.165, 1.54) is 16.3 Å². The molecule has 0 fully saturated rings. The first-order valence-corrected chi connectivity index (χ1v) is 6.90. The summed E-state index contributed by atoms with van der Waals surface area (Å²) >= 11 is 0. The van der Waals surface area contributed by atoms with Crippen molar-refractivity contribution < 1.29 is 23.2 Å². The number of quaternary nitrogens is 1. The molecule has 0 bridgehead atoms. The van der Waals surface area contributed by atoms with Crippen LogP contribution in [0.1, 0.15) is 32.3 Å². The third kappa shape index (κ3) is 3.32. The fourth-order valence-corrected chi connectivity index (χ4v) is 2.66. The Bertz CT molecular complexity index is 557. The van der Waals surface area contributed by atoms with E-state index in [1.54, 1.807) is 0 Å². The topological polar surface area (TPSA) is 47.9 Å². The van der Waals surface area contributed by atoms with Crippen LogP contribution in [0.25, 0.3) is 10.8 Å². The Labute approximate surface area is 127 Å². The molecule has 0 aliphatic heterocycles. The van der Waals surface area contributed by atoms with E-state index in [2.05, 4.69) is 62.9 Å². The minimum Gasteiger partial charge on any atom is -1.00 e. The molecule has 0 heterocycles. The van der Waals surface area contributed by atoms with Gasteiger partial charge >= 0.3 is 0 Å². The van der Waals surface area contributed by atoms with Gasteiger partial charge in [0.25, 0.3) is 0 Å². The Morgan fingerprint density at radius 1 is 1.05 bits per heavy atom. The lowest BCUT2D eigenvalue weighted by molar-refractivity contribution is -0.377. The van der Waals surface area contributed by atoms with Gasteiger partial charge in [-0.3, -0.25) is 0 Å². The molecular formula is C17H24ClNO. The van der Waals surface area contributed by atoms with E-state index < -0.39 is 6.10 Å². The van der Waals surface area contributed by atoms with Gasteiger partial charge in [-0.05, 0) is 21.8 Å². The highest BCUT2D eigenvalue weighted by atomic mass is 35.5.